The molecular weight excluding hydrogens is 426 g/mol. The smallest absolute Gasteiger partial charge is 0.273 e. The normalized spacial score (nSPS) is 16.7. The minimum atomic E-state index is -3.76. The summed E-state index contributed by atoms with van der Waals surface area (Å²) >= 11 is 0. The van der Waals surface area contributed by atoms with Gasteiger partial charge < -0.3 is 14.4 Å². The van der Waals surface area contributed by atoms with E-state index < -0.39 is 14.9 Å². The molecule has 0 aromatic heterocycles. The molecule has 1 saturated heterocycles. The molecule has 164 valence electrons. The van der Waals surface area contributed by atoms with Gasteiger partial charge in [0, 0.05) is 49.4 Å². The quantitative estimate of drug-likeness (QED) is 0.518. The average molecular weight is 447 g/mol. The first-order chi connectivity index (χ1) is 14.8. The maximum absolute atomic E-state index is 13.0. The van der Waals surface area contributed by atoms with E-state index in [-0.39, 0.29) is 48.2 Å². The molecule has 4 rings (SSSR count). The highest BCUT2D eigenvalue weighted by atomic mass is 32.2. The maximum atomic E-state index is 13.0. The Bertz CT molecular complexity index is 1140. The van der Waals surface area contributed by atoms with E-state index in [0.717, 1.165) is 0 Å². The lowest BCUT2D eigenvalue weighted by molar-refractivity contribution is -0.385. The van der Waals surface area contributed by atoms with Crippen molar-refractivity contribution in [3.8, 4) is 11.5 Å². The zero-order valence-corrected chi connectivity index (χ0v) is 17.6. The van der Waals surface area contributed by atoms with Crippen LogP contribution in [0.15, 0.2) is 41.3 Å². The van der Waals surface area contributed by atoms with Gasteiger partial charge >= 0.3 is 0 Å². The molecule has 2 heterocycles. The number of piperazine rings is 1. The highest BCUT2D eigenvalue weighted by molar-refractivity contribution is 7.89. The van der Waals surface area contributed by atoms with E-state index in [4.69, 9.17) is 9.47 Å². The molecule has 31 heavy (non-hydrogen) atoms. The van der Waals surface area contributed by atoms with Crippen LogP contribution in [0.25, 0.3) is 0 Å². The van der Waals surface area contributed by atoms with Crippen molar-refractivity contribution in [3.63, 3.8) is 0 Å². The lowest BCUT2D eigenvalue weighted by Gasteiger charge is -2.34. The number of fused-ring (bicyclic) bond motifs is 1. The first-order valence-electron chi connectivity index (χ1n) is 9.71. The third kappa shape index (κ3) is 4.06. The molecule has 1 fully saturated rings. The molecule has 2 aliphatic rings. The van der Waals surface area contributed by atoms with E-state index >= 15 is 0 Å². The van der Waals surface area contributed by atoms with Crippen molar-refractivity contribution in [2.75, 3.05) is 39.4 Å². The largest absolute Gasteiger partial charge is 0.486 e. The van der Waals surface area contributed by atoms with Crippen molar-refractivity contribution in [3.05, 3.63) is 57.6 Å². The number of sulfonamides is 1. The molecule has 0 bridgehead atoms. The number of hydrogen-bond acceptors (Lipinski definition) is 7. The number of carbonyl (C=O) groups is 1. The Labute approximate surface area is 179 Å². The minimum absolute atomic E-state index is 0.102. The van der Waals surface area contributed by atoms with Crippen LogP contribution in [0, 0.1) is 17.0 Å². The fourth-order valence-electron chi connectivity index (χ4n) is 3.59. The van der Waals surface area contributed by atoms with Gasteiger partial charge in [0.1, 0.15) is 13.2 Å². The van der Waals surface area contributed by atoms with Gasteiger partial charge in [0.2, 0.25) is 10.0 Å². The second-order valence-corrected chi connectivity index (χ2v) is 9.20. The van der Waals surface area contributed by atoms with Crippen LogP contribution < -0.4 is 9.47 Å². The van der Waals surface area contributed by atoms with Gasteiger partial charge in [0.05, 0.1) is 9.82 Å². The molecule has 2 aromatic carbocycles. The second-order valence-electron chi connectivity index (χ2n) is 7.26. The van der Waals surface area contributed by atoms with Crippen molar-refractivity contribution in [1.29, 1.82) is 0 Å². The Morgan fingerprint density at radius 2 is 1.68 bits per heavy atom. The van der Waals surface area contributed by atoms with Gasteiger partial charge in [-0.3, -0.25) is 14.9 Å². The number of benzene rings is 2. The molecule has 2 aromatic rings. The Hall–Kier alpha value is -3.18. The molecule has 0 unspecified atom stereocenters. The fraction of sp³-hybridized carbons (Fsp3) is 0.350. The van der Waals surface area contributed by atoms with Crippen molar-refractivity contribution in [1.82, 2.24) is 9.21 Å². The lowest BCUT2D eigenvalue weighted by Crippen LogP contribution is -2.50. The van der Waals surface area contributed by atoms with Gasteiger partial charge in [-0.2, -0.15) is 4.31 Å². The number of amides is 1. The summed E-state index contributed by atoms with van der Waals surface area (Å²) in [6, 6.07) is 8.84. The minimum Gasteiger partial charge on any atom is -0.486 e. The third-order valence-corrected chi connectivity index (χ3v) is 7.22. The van der Waals surface area contributed by atoms with Crippen molar-refractivity contribution in [2.24, 2.45) is 0 Å². The summed E-state index contributed by atoms with van der Waals surface area (Å²) in [6.07, 6.45) is 0. The number of ether oxygens (including phenoxy) is 2. The van der Waals surface area contributed by atoms with Crippen molar-refractivity contribution < 1.29 is 27.6 Å². The summed E-state index contributed by atoms with van der Waals surface area (Å²) in [5.41, 5.74) is 0.558. The highest BCUT2D eigenvalue weighted by Crippen LogP contribution is 2.33. The van der Waals surface area contributed by atoms with E-state index in [1.165, 1.54) is 33.5 Å². The van der Waals surface area contributed by atoms with Gasteiger partial charge in [-0.25, -0.2) is 8.42 Å². The topological polar surface area (TPSA) is 119 Å². The molecule has 0 radical (unpaired) electrons. The highest BCUT2D eigenvalue weighted by Gasteiger charge is 2.32. The van der Waals surface area contributed by atoms with E-state index in [1.807, 2.05) is 0 Å². The first-order valence-corrected chi connectivity index (χ1v) is 11.2. The van der Waals surface area contributed by atoms with Crippen LogP contribution in [-0.4, -0.2) is 67.8 Å². The fourth-order valence-corrected chi connectivity index (χ4v) is 5.02. The molecule has 0 atom stereocenters. The van der Waals surface area contributed by atoms with Crippen LogP contribution >= 0.6 is 0 Å². The lowest BCUT2D eigenvalue weighted by atomic mass is 10.1. The van der Waals surface area contributed by atoms with Crippen LogP contribution in [-0.2, 0) is 10.0 Å². The van der Waals surface area contributed by atoms with Crippen LogP contribution in [0.1, 0.15) is 15.9 Å². The molecule has 11 heteroatoms. The number of rotatable bonds is 4. The van der Waals surface area contributed by atoms with E-state index in [9.17, 15) is 23.3 Å². The second kappa shape index (κ2) is 8.16. The van der Waals surface area contributed by atoms with Gasteiger partial charge in [-0.15, -0.1) is 0 Å². The Balaban J connectivity index is 1.46. The zero-order valence-electron chi connectivity index (χ0n) is 16.8. The van der Waals surface area contributed by atoms with Crippen molar-refractivity contribution >= 4 is 21.6 Å². The molecule has 10 nitrogen and oxygen atoms in total. The van der Waals surface area contributed by atoms with Crippen LogP contribution in [0.4, 0.5) is 5.69 Å². The third-order valence-electron chi connectivity index (χ3n) is 5.33. The molecule has 0 aliphatic carbocycles. The Morgan fingerprint density at radius 1 is 1.00 bits per heavy atom. The summed E-state index contributed by atoms with van der Waals surface area (Å²) in [5, 5.41) is 11.1. The zero-order chi connectivity index (χ0) is 22.2. The average Bonchev–Trinajstić information content (AvgIpc) is 2.78. The number of nitro benzene ring substituents is 1. The molecule has 0 N–H and O–H groups in total. The van der Waals surface area contributed by atoms with Crippen molar-refractivity contribution in [2.45, 2.75) is 11.8 Å². The van der Waals surface area contributed by atoms with E-state index in [1.54, 1.807) is 19.1 Å². The van der Waals surface area contributed by atoms with E-state index in [2.05, 4.69) is 0 Å². The Morgan fingerprint density at radius 3 is 2.35 bits per heavy atom. The van der Waals surface area contributed by atoms with Crippen LogP contribution in [0.5, 0.6) is 11.5 Å². The van der Waals surface area contributed by atoms with Gasteiger partial charge in [0.15, 0.2) is 11.5 Å². The van der Waals surface area contributed by atoms with Gasteiger partial charge in [0.25, 0.3) is 11.6 Å². The number of carbonyl (C=O) groups excluding carboxylic acids is 1. The predicted molar refractivity (Wildman–Crippen MR) is 110 cm³/mol. The maximum Gasteiger partial charge on any atom is 0.273 e. The SMILES string of the molecule is Cc1ccc(C(=O)N2CCN(S(=O)(=O)c3ccc4c(c3)OCCO4)CC2)cc1[N+](=O)[O-]. The van der Waals surface area contributed by atoms with E-state index in [0.29, 0.717) is 30.3 Å². The molecular formula is C20H21N3O7S. The number of aryl methyl sites for hydroxylation is 1. The van der Waals surface area contributed by atoms with Gasteiger partial charge in [-0.05, 0) is 25.1 Å². The summed E-state index contributed by atoms with van der Waals surface area (Å²) in [4.78, 5) is 25.0. The number of hydrogen-bond donors (Lipinski definition) is 0. The predicted octanol–water partition coefficient (Wildman–Crippen LogP) is 1.82. The summed E-state index contributed by atoms with van der Waals surface area (Å²) in [7, 11) is -3.76. The number of nitrogens with zero attached hydrogens (tertiary/aromatic N) is 3. The molecule has 0 saturated carbocycles. The number of nitro groups is 1. The summed E-state index contributed by atoms with van der Waals surface area (Å²) < 4.78 is 38.3. The monoisotopic (exact) mass is 447 g/mol. The summed E-state index contributed by atoms with van der Waals surface area (Å²) in [6.45, 7) is 2.99. The van der Waals surface area contributed by atoms with Crippen LogP contribution in [0.2, 0.25) is 0 Å². The van der Waals surface area contributed by atoms with Crippen LogP contribution in [0.3, 0.4) is 0 Å². The molecule has 2 aliphatic heterocycles. The standard InChI is InChI=1S/C20H21N3O7S/c1-14-2-3-15(12-17(14)23(25)26)20(24)21-6-8-22(9-7-21)31(27,28)16-4-5-18-19(13-16)30-11-10-29-18/h2-5,12-13H,6-11H2,1H3. The van der Waals surface area contributed by atoms with Gasteiger partial charge in [-0.1, -0.05) is 6.07 Å². The summed E-state index contributed by atoms with van der Waals surface area (Å²) in [5.74, 6) is 0.536. The first kappa shape index (κ1) is 21.1. The molecule has 1 amide bonds. The molecule has 0 spiro atoms. The Kier molecular flexibility index (Phi) is 5.54.